The van der Waals surface area contributed by atoms with Gasteiger partial charge in [0, 0.05) is 18.7 Å². The molecule has 0 spiro atoms. The van der Waals surface area contributed by atoms with Gasteiger partial charge in [-0.1, -0.05) is 48.9 Å². The number of carbonyl (C=O) groups excluding carboxylic acids is 1. The highest BCUT2D eigenvalue weighted by molar-refractivity contribution is 7.22. The van der Waals surface area contributed by atoms with Crippen molar-refractivity contribution in [1.82, 2.24) is 9.88 Å². The van der Waals surface area contributed by atoms with Gasteiger partial charge in [-0.3, -0.25) is 9.69 Å². The largest absolute Gasteiger partial charge is 0.492 e. The molecule has 0 saturated carbocycles. The predicted molar refractivity (Wildman–Crippen MR) is 126 cm³/mol. The van der Waals surface area contributed by atoms with Crippen molar-refractivity contribution in [1.29, 1.82) is 0 Å². The summed E-state index contributed by atoms with van der Waals surface area (Å²) in [7, 11) is 0. The van der Waals surface area contributed by atoms with Gasteiger partial charge >= 0.3 is 0 Å². The van der Waals surface area contributed by atoms with Gasteiger partial charge in [0.25, 0.3) is 5.91 Å². The van der Waals surface area contributed by atoms with Crippen LogP contribution in [0.2, 0.25) is 0 Å². The van der Waals surface area contributed by atoms with Gasteiger partial charge in [-0.15, -0.1) is 0 Å². The van der Waals surface area contributed by atoms with Gasteiger partial charge in [0.1, 0.15) is 11.3 Å². The number of aromatic nitrogens is 1. The van der Waals surface area contributed by atoms with Crippen LogP contribution >= 0.6 is 11.3 Å². The molecule has 5 nitrogen and oxygen atoms in total. The molecule has 0 radical (unpaired) electrons. The Morgan fingerprint density at radius 2 is 1.83 bits per heavy atom. The van der Waals surface area contributed by atoms with E-state index in [0.29, 0.717) is 13.2 Å². The van der Waals surface area contributed by atoms with E-state index in [1.54, 1.807) is 11.3 Å². The van der Waals surface area contributed by atoms with Crippen LogP contribution in [0.5, 0.6) is 5.75 Å². The van der Waals surface area contributed by atoms with Crippen LogP contribution in [0.25, 0.3) is 10.2 Å². The monoisotopic (exact) mass is 425 g/mol. The zero-order valence-corrected chi connectivity index (χ0v) is 19.4. The minimum absolute atomic E-state index is 0.000345. The molecule has 0 bridgehead atoms. The van der Waals surface area contributed by atoms with E-state index in [2.05, 4.69) is 18.7 Å². The van der Waals surface area contributed by atoms with Crippen LogP contribution in [0, 0.1) is 13.8 Å². The van der Waals surface area contributed by atoms with Gasteiger partial charge in [0.05, 0.1) is 11.3 Å². The summed E-state index contributed by atoms with van der Waals surface area (Å²) in [6, 6.07) is 12.0. The highest BCUT2D eigenvalue weighted by Crippen LogP contribution is 2.35. The van der Waals surface area contributed by atoms with Gasteiger partial charge in [0.15, 0.2) is 5.13 Å². The van der Waals surface area contributed by atoms with Crippen LogP contribution in [0.1, 0.15) is 42.3 Å². The minimum atomic E-state index is 0.000345. The van der Waals surface area contributed by atoms with E-state index >= 15 is 0 Å². The highest BCUT2D eigenvalue weighted by Gasteiger charge is 2.24. The first-order valence-electron chi connectivity index (χ1n) is 10.6. The number of carbonyl (C=O) groups is 1. The maximum atomic E-state index is 13.6. The summed E-state index contributed by atoms with van der Waals surface area (Å²) in [5.74, 6) is 0.765. The van der Waals surface area contributed by atoms with E-state index in [1.807, 2.05) is 62.1 Å². The minimum Gasteiger partial charge on any atom is -0.492 e. The number of nitrogens with zero attached hydrogens (tertiary/aromatic N) is 3. The third-order valence-corrected chi connectivity index (χ3v) is 6.35. The molecule has 3 aromatic rings. The quantitative estimate of drug-likeness (QED) is 0.467. The third kappa shape index (κ3) is 4.82. The molecule has 30 heavy (non-hydrogen) atoms. The molecule has 6 heteroatoms. The van der Waals surface area contributed by atoms with E-state index in [0.717, 1.165) is 57.4 Å². The van der Waals surface area contributed by atoms with E-state index in [4.69, 9.17) is 9.72 Å². The standard InChI is InChI=1S/C24H31N3O2S/c1-6-26(7-2)14-15-27(23(28)19-16-17(4)12-13-18(19)5)24-25-22-20(29-8-3)10-9-11-21(22)30-24/h9-13,16H,6-8,14-15H2,1-5H3. The number of ether oxygens (including phenoxy) is 1. The topological polar surface area (TPSA) is 45.7 Å². The average Bonchev–Trinajstić information content (AvgIpc) is 3.18. The van der Waals surface area contributed by atoms with Gasteiger partial charge in [0.2, 0.25) is 0 Å². The maximum Gasteiger partial charge on any atom is 0.260 e. The number of aryl methyl sites for hydroxylation is 2. The fraction of sp³-hybridized carbons (Fsp3) is 0.417. The van der Waals surface area contributed by atoms with Gasteiger partial charge < -0.3 is 9.64 Å². The molecule has 0 aliphatic rings. The number of benzene rings is 2. The maximum absolute atomic E-state index is 13.6. The smallest absolute Gasteiger partial charge is 0.260 e. The summed E-state index contributed by atoms with van der Waals surface area (Å²) < 4.78 is 6.78. The summed E-state index contributed by atoms with van der Waals surface area (Å²) in [5.41, 5.74) is 3.62. The number of rotatable bonds is 9. The number of hydrogen-bond donors (Lipinski definition) is 0. The molecule has 2 aromatic carbocycles. The summed E-state index contributed by atoms with van der Waals surface area (Å²) in [6.45, 7) is 14.1. The Morgan fingerprint density at radius 1 is 1.07 bits per heavy atom. The zero-order chi connectivity index (χ0) is 21.7. The number of thiazole rings is 1. The first-order chi connectivity index (χ1) is 14.5. The van der Waals surface area contributed by atoms with Gasteiger partial charge in [-0.2, -0.15) is 0 Å². The third-order valence-electron chi connectivity index (χ3n) is 5.30. The molecular weight excluding hydrogens is 394 g/mol. The lowest BCUT2D eigenvalue weighted by molar-refractivity contribution is 0.0983. The van der Waals surface area contributed by atoms with Gasteiger partial charge in [-0.25, -0.2) is 4.98 Å². The van der Waals surface area contributed by atoms with Crippen LogP contribution < -0.4 is 9.64 Å². The lowest BCUT2D eigenvalue weighted by atomic mass is 10.0. The molecule has 0 aliphatic carbocycles. The van der Waals surface area contributed by atoms with Crippen LogP contribution in [-0.4, -0.2) is 48.6 Å². The molecule has 0 unspecified atom stereocenters. The molecule has 0 saturated heterocycles. The lowest BCUT2D eigenvalue weighted by Gasteiger charge is -2.25. The van der Waals surface area contributed by atoms with Crippen molar-refractivity contribution in [3.63, 3.8) is 0 Å². The normalized spacial score (nSPS) is 11.3. The zero-order valence-electron chi connectivity index (χ0n) is 18.6. The van der Waals surface area contributed by atoms with Gasteiger partial charge in [-0.05, 0) is 57.6 Å². The van der Waals surface area contributed by atoms with Crippen molar-refractivity contribution in [2.24, 2.45) is 0 Å². The van der Waals surface area contributed by atoms with Crippen molar-refractivity contribution in [3.8, 4) is 5.75 Å². The second-order valence-electron chi connectivity index (χ2n) is 7.33. The lowest BCUT2D eigenvalue weighted by Crippen LogP contribution is -2.39. The molecule has 3 rings (SSSR count). The van der Waals surface area contributed by atoms with E-state index < -0.39 is 0 Å². The van der Waals surface area contributed by atoms with Crippen molar-refractivity contribution in [2.45, 2.75) is 34.6 Å². The number of likely N-dealkylation sites (N-methyl/N-ethyl adjacent to an activating group) is 1. The Bertz CT molecular complexity index is 1010. The number of para-hydroxylation sites is 1. The molecular formula is C24H31N3O2S. The molecule has 0 atom stereocenters. The predicted octanol–water partition coefficient (Wildman–Crippen LogP) is 5.30. The summed E-state index contributed by atoms with van der Waals surface area (Å²) >= 11 is 1.54. The number of fused-ring (bicyclic) bond motifs is 1. The molecule has 1 heterocycles. The Labute approximate surface area is 183 Å². The highest BCUT2D eigenvalue weighted by atomic mass is 32.1. The Kier molecular flexibility index (Phi) is 7.45. The Morgan fingerprint density at radius 3 is 2.53 bits per heavy atom. The van der Waals surface area contributed by atoms with E-state index in [9.17, 15) is 4.79 Å². The first-order valence-corrected chi connectivity index (χ1v) is 11.4. The molecule has 0 fully saturated rings. The molecule has 0 N–H and O–H groups in total. The van der Waals surface area contributed by atoms with E-state index in [-0.39, 0.29) is 5.91 Å². The number of amides is 1. The summed E-state index contributed by atoms with van der Waals surface area (Å²) in [4.78, 5) is 22.6. The average molecular weight is 426 g/mol. The molecule has 0 aliphatic heterocycles. The summed E-state index contributed by atoms with van der Waals surface area (Å²) in [5, 5.41) is 0.718. The number of anilines is 1. The van der Waals surface area contributed by atoms with Crippen molar-refractivity contribution >= 4 is 32.6 Å². The first kappa shape index (κ1) is 22.2. The second kappa shape index (κ2) is 10.0. The SMILES string of the molecule is CCOc1cccc2sc(N(CCN(CC)CC)C(=O)c3cc(C)ccc3C)nc12. The molecule has 1 amide bonds. The number of hydrogen-bond acceptors (Lipinski definition) is 5. The van der Waals surface area contributed by atoms with Crippen LogP contribution in [0.4, 0.5) is 5.13 Å². The Hall–Kier alpha value is -2.44. The molecule has 1 aromatic heterocycles. The molecule has 160 valence electrons. The fourth-order valence-electron chi connectivity index (χ4n) is 3.48. The Balaban J connectivity index is 2.03. The van der Waals surface area contributed by atoms with Crippen molar-refractivity contribution < 1.29 is 9.53 Å². The summed E-state index contributed by atoms with van der Waals surface area (Å²) in [6.07, 6.45) is 0. The second-order valence-corrected chi connectivity index (χ2v) is 8.34. The van der Waals surface area contributed by atoms with Crippen molar-refractivity contribution in [2.75, 3.05) is 37.7 Å². The fourth-order valence-corrected chi connectivity index (χ4v) is 4.48. The van der Waals surface area contributed by atoms with E-state index in [1.165, 1.54) is 0 Å². The van der Waals surface area contributed by atoms with Crippen LogP contribution in [-0.2, 0) is 0 Å². The van der Waals surface area contributed by atoms with Crippen molar-refractivity contribution in [3.05, 3.63) is 53.1 Å². The van der Waals surface area contributed by atoms with Crippen LogP contribution in [0.15, 0.2) is 36.4 Å². The van der Waals surface area contributed by atoms with Crippen LogP contribution in [0.3, 0.4) is 0 Å².